The predicted octanol–water partition coefficient (Wildman–Crippen LogP) is 3.41. The van der Waals surface area contributed by atoms with Crippen molar-refractivity contribution >= 4 is 11.6 Å². The molecule has 0 fully saturated rings. The summed E-state index contributed by atoms with van der Waals surface area (Å²) in [5, 5.41) is 1.38. The van der Waals surface area contributed by atoms with Gasteiger partial charge in [-0.3, -0.25) is 9.63 Å². The van der Waals surface area contributed by atoms with E-state index in [1.54, 1.807) is 0 Å². The molecule has 1 rings (SSSR count). The van der Waals surface area contributed by atoms with Crippen LogP contribution in [0, 0.1) is 5.92 Å². The van der Waals surface area contributed by atoms with Crippen molar-refractivity contribution in [2.24, 2.45) is 5.92 Å². The summed E-state index contributed by atoms with van der Waals surface area (Å²) in [7, 11) is 1.53. The van der Waals surface area contributed by atoms with Crippen molar-refractivity contribution in [2.75, 3.05) is 12.2 Å². The van der Waals surface area contributed by atoms with E-state index in [1.807, 2.05) is 37.3 Å². The van der Waals surface area contributed by atoms with Crippen molar-refractivity contribution < 1.29 is 9.63 Å². The average molecular weight is 235 g/mol. The Kier molecular flexibility index (Phi) is 5.70. The number of carbonyl (C=O) groups is 1. The van der Waals surface area contributed by atoms with Gasteiger partial charge >= 0.3 is 0 Å². The van der Waals surface area contributed by atoms with Crippen LogP contribution in [-0.4, -0.2) is 13.0 Å². The van der Waals surface area contributed by atoms with E-state index < -0.39 is 0 Å². The number of amides is 1. The van der Waals surface area contributed by atoms with Gasteiger partial charge in [-0.05, 0) is 18.6 Å². The zero-order chi connectivity index (χ0) is 12.7. The van der Waals surface area contributed by atoms with Gasteiger partial charge in [0.2, 0.25) is 0 Å². The van der Waals surface area contributed by atoms with Crippen LogP contribution in [0.5, 0.6) is 0 Å². The number of unbranched alkanes of at least 4 members (excludes halogenated alkanes) is 1. The largest absolute Gasteiger partial charge is 0.272 e. The normalized spacial score (nSPS) is 12.2. The summed E-state index contributed by atoms with van der Waals surface area (Å²) >= 11 is 0. The number of hydrogen-bond acceptors (Lipinski definition) is 2. The Balaban J connectivity index is 2.71. The van der Waals surface area contributed by atoms with Crippen LogP contribution in [0.2, 0.25) is 0 Å². The molecule has 0 heterocycles. The van der Waals surface area contributed by atoms with Gasteiger partial charge in [0.25, 0.3) is 5.91 Å². The molecule has 0 aliphatic rings. The van der Waals surface area contributed by atoms with Crippen molar-refractivity contribution in [1.82, 2.24) is 0 Å². The molecule has 1 aromatic rings. The summed E-state index contributed by atoms with van der Waals surface area (Å²) in [6.45, 7) is 4.08. The molecule has 0 aromatic heterocycles. The Morgan fingerprint density at radius 2 is 2.00 bits per heavy atom. The highest BCUT2D eigenvalue weighted by atomic mass is 16.7. The number of rotatable bonds is 6. The maximum absolute atomic E-state index is 12.2. The first-order valence-electron chi connectivity index (χ1n) is 6.13. The van der Waals surface area contributed by atoms with Gasteiger partial charge in [0.15, 0.2) is 0 Å². The first-order chi connectivity index (χ1) is 8.20. The maximum atomic E-state index is 12.2. The average Bonchev–Trinajstić information content (AvgIpc) is 2.38. The minimum atomic E-state index is -0.00453. The van der Waals surface area contributed by atoms with Crippen molar-refractivity contribution in [3.63, 3.8) is 0 Å². The highest BCUT2D eigenvalue weighted by Gasteiger charge is 2.21. The lowest BCUT2D eigenvalue weighted by Crippen LogP contribution is -2.34. The Labute approximate surface area is 103 Å². The van der Waals surface area contributed by atoms with Gasteiger partial charge in [0.1, 0.15) is 0 Å². The molecule has 0 saturated carbocycles. The number of anilines is 1. The summed E-state index contributed by atoms with van der Waals surface area (Å²) in [5.41, 5.74) is 0.781. The van der Waals surface area contributed by atoms with Crippen LogP contribution in [0.15, 0.2) is 30.3 Å². The molecule has 0 saturated heterocycles. The second-order valence-electron chi connectivity index (χ2n) is 4.19. The Morgan fingerprint density at radius 3 is 2.53 bits per heavy atom. The third kappa shape index (κ3) is 3.86. The third-order valence-corrected chi connectivity index (χ3v) is 2.79. The zero-order valence-corrected chi connectivity index (χ0v) is 10.8. The molecule has 1 aromatic carbocycles. The van der Waals surface area contributed by atoms with Crippen LogP contribution < -0.4 is 5.06 Å². The van der Waals surface area contributed by atoms with E-state index in [0.717, 1.165) is 24.9 Å². The van der Waals surface area contributed by atoms with Crippen LogP contribution in [-0.2, 0) is 9.63 Å². The summed E-state index contributed by atoms with van der Waals surface area (Å²) < 4.78 is 0. The van der Waals surface area contributed by atoms with Gasteiger partial charge in [-0.15, -0.1) is 0 Å². The molecule has 94 valence electrons. The predicted molar refractivity (Wildman–Crippen MR) is 69.6 cm³/mol. The number of hydrogen-bond donors (Lipinski definition) is 0. The molecular weight excluding hydrogens is 214 g/mol. The topological polar surface area (TPSA) is 29.5 Å². The Morgan fingerprint density at radius 1 is 1.35 bits per heavy atom. The zero-order valence-electron chi connectivity index (χ0n) is 10.8. The summed E-state index contributed by atoms with van der Waals surface area (Å²) in [4.78, 5) is 17.4. The van der Waals surface area contributed by atoms with Crippen LogP contribution in [0.1, 0.15) is 33.1 Å². The van der Waals surface area contributed by atoms with E-state index >= 15 is 0 Å². The van der Waals surface area contributed by atoms with Gasteiger partial charge in [0.05, 0.1) is 12.8 Å². The second-order valence-corrected chi connectivity index (χ2v) is 4.19. The van der Waals surface area contributed by atoms with E-state index in [9.17, 15) is 4.79 Å². The highest BCUT2D eigenvalue weighted by Crippen LogP contribution is 2.18. The molecule has 1 amide bonds. The van der Waals surface area contributed by atoms with Crippen LogP contribution in [0.25, 0.3) is 0 Å². The Bertz CT molecular complexity index is 337. The van der Waals surface area contributed by atoms with Crippen molar-refractivity contribution in [3.05, 3.63) is 30.3 Å². The summed E-state index contributed by atoms with van der Waals surface area (Å²) in [6.07, 6.45) is 3.08. The van der Waals surface area contributed by atoms with Crippen LogP contribution in [0.3, 0.4) is 0 Å². The molecular formula is C14H21NO2. The van der Waals surface area contributed by atoms with Crippen LogP contribution in [0.4, 0.5) is 5.69 Å². The molecule has 17 heavy (non-hydrogen) atoms. The van der Waals surface area contributed by atoms with E-state index in [1.165, 1.54) is 12.2 Å². The number of benzene rings is 1. The van der Waals surface area contributed by atoms with Gasteiger partial charge in [-0.2, -0.15) is 5.06 Å². The van der Waals surface area contributed by atoms with E-state index in [4.69, 9.17) is 4.84 Å². The fourth-order valence-electron chi connectivity index (χ4n) is 1.72. The quantitative estimate of drug-likeness (QED) is 0.707. The molecule has 3 heteroatoms. The fourth-order valence-corrected chi connectivity index (χ4v) is 1.72. The molecule has 1 unspecified atom stereocenters. The Hall–Kier alpha value is -1.35. The fraction of sp³-hybridized carbons (Fsp3) is 0.500. The first-order valence-corrected chi connectivity index (χ1v) is 6.13. The minimum Gasteiger partial charge on any atom is -0.272 e. The number of hydroxylamine groups is 1. The van der Waals surface area contributed by atoms with Gasteiger partial charge in [0, 0.05) is 5.92 Å². The lowest BCUT2D eigenvalue weighted by molar-refractivity contribution is -0.128. The number of nitrogens with zero attached hydrogens (tertiary/aromatic N) is 1. The van der Waals surface area contributed by atoms with Crippen LogP contribution >= 0.6 is 0 Å². The number of carbonyl (C=O) groups excluding carboxylic acids is 1. The molecule has 0 aliphatic carbocycles. The maximum Gasteiger partial charge on any atom is 0.253 e. The number of para-hydroxylation sites is 1. The lowest BCUT2D eigenvalue weighted by atomic mass is 10.0. The van der Waals surface area contributed by atoms with Gasteiger partial charge in [-0.25, -0.2) is 0 Å². The van der Waals surface area contributed by atoms with Gasteiger partial charge < -0.3 is 0 Å². The van der Waals surface area contributed by atoms with E-state index in [-0.39, 0.29) is 11.8 Å². The van der Waals surface area contributed by atoms with E-state index in [0.29, 0.717) is 0 Å². The smallest absolute Gasteiger partial charge is 0.253 e. The molecule has 0 spiro atoms. The molecule has 0 radical (unpaired) electrons. The van der Waals surface area contributed by atoms with Crippen molar-refractivity contribution in [3.8, 4) is 0 Å². The second kappa shape index (κ2) is 7.07. The molecule has 1 atom stereocenters. The monoisotopic (exact) mass is 235 g/mol. The molecule has 0 N–H and O–H groups in total. The van der Waals surface area contributed by atoms with Crippen molar-refractivity contribution in [2.45, 2.75) is 33.1 Å². The van der Waals surface area contributed by atoms with Crippen molar-refractivity contribution in [1.29, 1.82) is 0 Å². The standard InChI is InChI=1S/C14H21NO2/c1-4-5-9-12(2)14(16)15(17-3)13-10-7-6-8-11-13/h6-8,10-12H,4-5,9H2,1-3H3. The van der Waals surface area contributed by atoms with E-state index in [2.05, 4.69) is 6.92 Å². The lowest BCUT2D eigenvalue weighted by Gasteiger charge is -2.23. The first kappa shape index (κ1) is 13.7. The molecule has 0 aliphatic heterocycles. The minimum absolute atomic E-state index is 0.00453. The SMILES string of the molecule is CCCCC(C)C(=O)N(OC)c1ccccc1. The summed E-state index contributed by atoms with van der Waals surface area (Å²) in [6, 6.07) is 9.45. The highest BCUT2D eigenvalue weighted by molar-refractivity contribution is 5.92. The third-order valence-electron chi connectivity index (χ3n) is 2.79. The molecule has 3 nitrogen and oxygen atoms in total. The van der Waals surface area contributed by atoms with Gasteiger partial charge in [-0.1, -0.05) is 44.9 Å². The summed E-state index contributed by atoms with van der Waals surface area (Å²) in [5.74, 6) is 0.0160. The molecule has 0 bridgehead atoms.